The summed E-state index contributed by atoms with van der Waals surface area (Å²) >= 11 is 0. The molecule has 0 aliphatic carbocycles. The van der Waals surface area contributed by atoms with Crippen molar-refractivity contribution in [2.45, 2.75) is 27.2 Å². The topological polar surface area (TPSA) is 12.9 Å². The van der Waals surface area contributed by atoms with Gasteiger partial charge in [-0.3, -0.25) is 0 Å². The van der Waals surface area contributed by atoms with Gasteiger partial charge < -0.3 is 0 Å². The fourth-order valence-corrected chi connectivity index (χ4v) is 0.499. The Labute approximate surface area is 85.3 Å². The molecule has 0 bridgehead atoms. The van der Waals surface area contributed by atoms with Crippen LogP contribution in [0.5, 0.6) is 0 Å². The Hall–Kier alpha value is -0.336. The quantitative estimate of drug-likeness (QED) is 0.594. The molecule has 1 nitrogen and oxygen atoms in total. The van der Waals surface area contributed by atoms with Gasteiger partial charge in [0, 0.05) is 24.8 Å². The fraction of sp³-hybridized carbons (Fsp3) is 0.444. The molecule has 0 saturated carbocycles. The molecule has 0 spiro atoms. The molecule has 3 heteroatoms. The smallest absolute Gasteiger partial charge is 0.213 e. The van der Waals surface area contributed by atoms with E-state index in [-0.39, 0.29) is 18.6 Å². The van der Waals surface area contributed by atoms with E-state index in [0.29, 0.717) is 0 Å². The van der Waals surface area contributed by atoms with Crippen LogP contribution in [0.15, 0.2) is 18.3 Å². The maximum atomic E-state index is 12.1. The van der Waals surface area contributed by atoms with Crippen molar-refractivity contribution in [2.24, 2.45) is 0 Å². The summed E-state index contributed by atoms with van der Waals surface area (Å²) in [5.41, 5.74) is 0.900. The van der Waals surface area contributed by atoms with Gasteiger partial charge in [-0.15, -0.1) is 0 Å². The third-order valence-corrected chi connectivity index (χ3v) is 0.882. The fourth-order valence-electron chi connectivity index (χ4n) is 0.499. The van der Waals surface area contributed by atoms with E-state index in [1.54, 1.807) is 6.07 Å². The van der Waals surface area contributed by atoms with E-state index in [2.05, 4.69) is 18.8 Å². The number of aromatic nitrogens is 1. The minimum absolute atomic E-state index is 0. The van der Waals surface area contributed by atoms with Crippen molar-refractivity contribution in [3.05, 3.63) is 29.8 Å². The van der Waals surface area contributed by atoms with Gasteiger partial charge >= 0.3 is 0 Å². The molecule has 0 amide bonds. The second-order valence-corrected chi connectivity index (χ2v) is 2.36. The molecule has 1 heterocycles. The van der Waals surface area contributed by atoms with Crippen molar-refractivity contribution in [1.29, 1.82) is 0 Å². The second kappa shape index (κ2) is 8.76. The van der Waals surface area contributed by atoms with Crippen LogP contribution >= 0.6 is 0 Å². The van der Waals surface area contributed by atoms with Crippen LogP contribution in [0.3, 0.4) is 0 Å². The Morgan fingerprint density at radius 2 is 1.92 bits per heavy atom. The number of nitrogens with zero attached hydrogens (tertiary/aromatic N) is 1. The largest absolute Gasteiger partial charge is 0.228 e. The molecule has 1 rings (SSSR count). The third kappa shape index (κ3) is 7.77. The number of aryl methyl sites for hydroxylation is 1. The minimum Gasteiger partial charge on any atom is -0.228 e. The van der Waals surface area contributed by atoms with E-state index in [1.165, 1.54) is 18.7 Å². The summed E-state index contributed by atoms with van der Waals surface area (Å²) in [6.07, 6.45) is 2.70. The van der Waals surface area contributed by atoms with Gasteiger partial charge in [0.2, 0.25) is 5.95 Å². The minimum atomic E-state index is -0.412. The molecular weight excluding hydrogens is 192 g/mol. The summed E-state index contributed by atoms with van der Waals surface area (Å²) in [4.78, 5) is 3.37. The van der Waals surface area contributed by atoms with Crippen LogP contribution in [0.1, 0.15) is 25.8 Å². The first-order chi connectivity index (χ1) is 5.20. The molecule has 0 saturated heterocycles. The zero-order chi connectivity index (χ0) is 8.69. The average molecular weight is 206 g/mol. The van der Waals surface area contributed by atoms with Gasteiger partial charge in [0.1, 0.15) is 0 Å². The van der Waals surface area contributed by atoms with Gasteiger partial charge in [-0.1, -0.05) is 20.3 Å². The molecule has 0 aromatic carbocycles. The molecule has 1 aromatic heterocycles. The van der Waals surface area contributed by atoms with Crippen LogP contribution < -0.4 is 0 Å². The summed E-state index contributed by atoms with van der Waals surface area (Å²) in [6.45, 7) is 6.07. The first kappa shape index (κ1) is 14.2. The zero-order valence-electron chi connectivity index (χ0n) is 7.71. The van der Waals surface area contributed by atoms with E-state index in [9.17, 15) is 4.39 Å². The van der Waals surface area contributed by atoms with Crippen molar-refractivity contribution in [3.8, 4) is 0 Å². The van der Waals surface area contributed by atoms with Gasteiger partial charge in [-0.05, 0) is 24.6 Å². The number of halogens is 1. The first-order valence-electron chi connectivity index (χ1n) is 3.78. The summed E-state index contributed by atoms with van der Waals surface area (Å²) < 4.78 is 12.1. The van der Waals surface area contributed by atoms with Crippen LogP contribution in [-0.4, -0.2) is 4.98 Å². The van der Waals surface area contributed by atoms with Gasteiger partial charge in [-0.2, -0.15) is 4.39 Å². The molecule has 0 fully saturated rings. The van der Waals surface area contributed by atoms with Crippen molar-refractivity contribution in [3.63, 3.8) is 0 Å². The Morgan fingerprint density at radius 1 is 1.42 bits per heavy atom. The maximum absolute atomic E-state index is 12.1. The number of rotatable bonds is 0. The van der Waals surface area contributed by atoms with E-state index in [1.807, 2.05) is 6.92 Å². The summed E-state index contributed by atoms with van der Waals surface area (Å²) in [5.74, 6) is -0.412. The van der Waals surface area contributed by atoms with Crippen molar-refractivity contribution in [2.75, 3.05) is 0 Å². The van der Waals surface area contributed by atoms with Gasteiger partial charge in [0.15, 0.2) is 0 Å². The molecular formula is C9H14FNV. The molecule has 12 heavy (non-hydrogen) atoms. The summed E-state index contributed by atoms with van der Waals surface area (Å²) in [7, 11) is 0. The average Bonchev–Trinajstić information content (AvgIpc) is 1.88. The van der Waals surface area contributed by atoms with Crippen LogP contribution in [0.25, 0.3) is 0 Å². The van der Waals surface area contributed by atoms with Crippen molar-refractivity contribution < 1.29 is 22.9 Å². The molecule has 0 aliphatic rings. The number of pyridine rings is 1. The molecule has 1 radical (unpaired) electrons. The standard InChI is InChI=1S/C6H6FN.C3H8.V/c1-5-2-3-8-6(7)4-5;1-3-2;/h2-4H,1H3;3H2,1-2H3;. The summed E-state index contributed by atoms with van der Waals surface area (Å²) in [6, 6.07) is 3.14. The predicted molar refractivity (Wildman–Crippen MR) is 44.9 cm³/mol. The van der Waals surface area contributed by atoms with Crippen LogP contribution in [-0.2, 0) is 18.6 Å². The zero-order valence-corrected chi connectivity index (χ0v) is 9.11. The van der Waals surface area contributed by atoms with Crippen molar-refractivity contribution in [1.82, 2.24) is 4.98 Å². The van der Waals surface area contributed by atoms with Gasteiger partial charge in [0.25, 0.3) is 0 Å². The molecule has 1 aromatic rings. The molecule has 0 N–H and O–H groups in total. The normalized spacial score (nSPS) is 7.67. The molecule has 67 valence electrons. The Balaban J connectivity index is 0. The first-order valence-corrected chi connectivity index (χ1v) is 3.78. The Kier molecular flexibility index (Phi) is 10.4. The van der Waals surface area contributed by atoms with E-state index in [4.69, 9.17) is 0 Å². The van der Waals surface area contributed by atoms with Crippen molar-refractivity contribution >= 4 is 0 Å². The predicted octanol–water partition coefficient (Wildman–Crippen LogP) is 2.94. The monoisotopic (exact) mass is 206 g/mol. The number of hydrogen-bond donors (Lipinski definition) is 0. The third-order valence-electron chi connectivity index (χ3n) is 0.882. The SMILES string of the molecule is CCC.Cc1ccnc(F)c1.[V]. The van der Waals surface area contributed by atoms with Gasteiger partial charge in [-0.25, -0.2) is 4.98 Å². The molecule has 0 unspecified atom stereocenters. The van der Waals surface area contributed by atoms with E-state index >= 15 is 0 Å². The van der Waals surface area contributed by atoms with Crippen LogP contribution in [0, 0.1) is 12.9 Å². The Bertz CT molecular complexity index is 186. The Morgan fingerprint density at radius 3 is 2.17 bits per heavy atom. The van der Waals surface area contributed by atoms with E-state index in [0.717, 1.165) is 5.56 Å². The van der Waals surface area contributed by atoms with Gasteiger partial charge in [0.05, 0.1) is 0 Å². The molecule has 0 aliphatic heterocycles. The molecule has 0 atom stereocenters. The van der Waals surface area contributed by atoms with Crippen LogP contribution in [0.4, 0.5) is 4.39 Å². The van der Waals surface area contributed by atoms with Crippen LogP contribution in [0.2, 0.25) is 0 Å². The summed E-state index contributed by atoms with van der Waals surface area (Å²) in [5, 5.41) is 0. The van der Waals surface area contributed by atoms with E-state index < -0.39 is 5.95 Å². The second-order valence-electron chi connectivity index (χ2n) is 2.36. The number of hydrogen-bond acceptors (Lipinski definition) is 1. The maximum Gasteiger partial charge on any atom is 0.213 e.